The number of quaternary nitrogens is 1. The fraction of sp³-hybridized carbons (Fsp3) is 0.964. The van der Waals surface area contributed by atoms with Crippen LogP contribution < -0.4 is 0 Å². The van der Waals surface area contributed by atoms with Crippen LogP contribution in [0.5, 0.6) is 0 Å². The molecule has 0 aliphatic rings. The first-order chi connectivity index (χ1) is 15.7. The van der Waals surface area contributed by atoms with Gasteiger partial charge in [0, 0.05) is 20.1 Å². The zero-order valence-electron chi connectivity index (χ0n) is 23.1. The number of rotatable bonds is 25. The Morgan fingerprint density at radius 3 is 1.55 bits per heavy atom. The zero-order chi connectivity index (χ0) is 24.8. The number of methoxy groups -OCH3 is 1. The molecule has 1 atom stereocenters. The lowest BCUT2D eigenvalue weighted by Crippen LogP contribution is -2.36. The molecule has 0 fully saturated rings. The topological polar surface area (TPSA) is 43.4 Å². The Kier molecular flexibility index (Phi) is 21.1. The maximum Gasteiger partial charge on any atom is 0.150 e. The second kappa shape index (κ2) is 21.2. The number of nitrogens with zero attached hydrogens (tertiary/aromatic N) is 1. The molecule has 0 saturated heterocycles. The quantitative estimate of drug-likeness (QED) is 0.100. The minimum Gasteiger partial charge on any atom is -0.384 e. The van der Waals surface area contributed by atoms with E-state index in [2.05, 4.69) is 34.5 Å². The molecule has 4 nitrogen and oxygen atoms in total. The van der Waals surface area contributed by atoms with Gasteiger partial charge < -0.3 is 9.22 Å². The van der Waals surface area contributed by atoms with E-state index in [1.807, 2.05) is 0 Å². The molecule has 199 valence electrons. The highest BCUT2D eigenvalue weighted by Gasteiger charge is 2.20. The molecule has 0 aliphatic heterocycles. The molecule has 0 spiro atoms. The van der Waals surface area contributed by atoms with Gasteiger partial charge in [-0.1, -0.05) is 103 Å². The van der Waals surface area contributed by atoms with E-state index in [1.165, 1.54) is 89.9 Å². The van der Waals surface area contributed by atoms with Crippen molar-refractivity contribution in [3.63, 3.8) is 0 Å². The van der Waals surface area contributed by atoms with Gasteiger partial charge in [0.2, 0.25) is 0 Å². The maximum atomic E-state index is 12.6. The van der Waals surface area contributed by atoms with E-state index in [1.54, 1.807) is 7.11 Å². The van der Waals surface area contributed by atoms with Crippen molar-refractivity contribution in [2.75, 3.05) is 52.9 Å². The van der Waals surface area contributed by atoms with Gasteiger partial charge in [0.1, 0.15) is 0 Å². The number of hydrogen-bond acceptors (Lipinski definition) is 3. The van der Waals surface area contributed by atoms with Crippen LogP contribution in [0.1, 0.15) is 116 Å². The number of ether oxygens (including phenoxy) is 1. The number of hydrogen-bond donors (Lipinski definition) is 0. The van der Waals surface area contributed by atoms with Crippen molar-refractivity contribution in [3.05, 3.63) is 6.42 Å². The predicted molar refractivity (Wildman–Crippen MR) is 145 cm³/mol. The van der Waals surface area contributed by atoms with Crippen molar-refractivity contribution in [2.45, 2.75) is 116 Å². The van der Waals surface area contributed by atoms with Crippen LogP contribution in [0.2, 0.25) is 0 Å². The normalized spacial score (nSPS) is 13.5. The largest absolute Gasteiger partial charge is 0.384 e. The summed E-state index contributed by atoms with van der Waals surface area (Å²) in [4.78, 5) is 0. The summed E-state index contributed by atoms with van der Waals surface area (Å²) in [6.45, 7) is 3.74. The van der Waals surface area contributed by atoms with E-state index in [-0.39, 0.29) is 11.7 Å². The third-order valence-corrected chi connectivity index (χ3v) is 8.27. The van der Waals surface area contributed by atoms with Crippen molar-refractivity contribution in [3.8, 4) is 0 Å². The molecule has 0 aromatic carbocycles. The van der Waals surface area contributed by atoms with Gasteiger partial charge in [-0.3, -0.25) is 0 Å². The second-order valence-corrected chi connectivity index (χ2v) is 13.5. The maximum absolute atomic E-state index is 12.6. The van der Waals surface area contributed by atoms with Crippen molar-refractivity contribution in [2.24, 2.45) is 5.92 Å². The first-order valence-corrected chi connectivity index (χ1v) is 15.8. The molecule has 0 N–H and O–H groups in total. The van der Waals surface area contributed by atoms with Crippen LogP contribution in [0.4, 0.5) is 0 Å². The van der Waals surface area contributed by atoms with E-state index in [0.717, 1.165) is 30.3 Å². The first-order valence-electron chi connectivity index (χ1n) is 14.0. The predicted octanol–water partition coefficient (Wildman–Crippen LogP) is 7.23. The van der Waals surface area contributed by atoms with Gasteiger partial charge in [-0.15, -0.1) is 0 Å². The average Bonchev–Trinajstić information content (AvgIpc) is 2.72. The van der Waals surface area contributed by atoms with Crippen LogP contribution in [0.15, 0.2) is 0 Å². The summed E-state index contributed by atoms with van der Waals surface area (Å²) < 4.78 is 31.2. The van der Waals surface area contributed by atoms with Crippen molar-refractivity contribution >= 4 is 9.84 Å². The fourth-order valence-corrected chi connectivity index (χ4v) is 6.19. The van der Waals surface area contributed by atoms with E-state index in [9.17, 15) is 8.42 Å². The van der Waals surface area contributed by atoms with Gasteiger partial charge in [0.15, 0.2) is 9.84 Å². The lowest BCUT2D eigenvalue weighted by Gasteiger charge is -2.24. The summed E-state index contributed by atoms with van der Waals surface area (Å²) in [5, 5.41) is 0. The molecule has 1 unspecified atom stereocenters. The Hall–Kier alpha value is -0.130. The van der Waals surface area contributed by atoms with Crippen molar-refractivity contribution in [1.82, 2.24) is 0 Å². The molecular weight excluding hydrogens is 430 g/mol. The summed E-state index contributed by atoms with van der Waals surface area (Å²) in [7, 11) is 5.11. The van der Waals surface area contributed by atoms with Gasteiger partial charge in [0.05, 0.1) is 39.2 Å². The molecule has 0 amide bonds. The van der Waals surface area contributed by atoms with Gasteiger partial charge in [-0.2, -0.15) is 0 Å². The molecule has 0 aromatic rings. The summed E-state index contributed by atoms with van der Waals surface area (Å²) in [5.41, 5.74) is 0. The smallest absolute Gasteiger partial charge is 0.150 e. The minimum absolute atomic E-state index is 0.0765. The Bertz CT molecular complexity index is 514. The summed E-state index contributed by atoms with van der Waals surface area (Å²) in [6.07, 6.45) is 24.0. The Labute approximate surface area is 208 Å². The van der Waals surface area contributed by atoms with Crippen LogP contribution in [-0.2, 0) is 14.6 Å². The molecule has 33 heavy (non-hydrogen) atoms. The number of sulfone groups is 1. The van der Waals surface area contributed by atoms with E-state index in [4.69, 9.17) is 4.74 Å². The Balaban J connectivity index is 3.65. The van der Waals surface area contributed by atoms with Crippen molar-refractivity contribution in [1.29, 1.82) is 0 Å². The van der Waals surface area contributed by atoms with Gasteiger partial charge in [0.25, 0.3) is 0 Å². The molecule has 0 bridgehead atoms. The molecule has 0 heterocycles. The SMILES string of the molecule is CCCCCCCCCCCCCCCCCCS(=O)(=O)CC(C[CH]C[N+](C)(C)C)COC. The molecular formula is C28H59NO3S+. The first kappa shape index (κ1) is 32.9. The third kappa shape index (κ3) is 24.8. The summed E-state index contributed by atoms with van der Waals surface area (Å²) >= 11 is 0. The van der Waals surface area contributed by atoms with Gasteiger partial charge in [-0.25, -0.2) is 8.42 Å². The highest BCUT2D eigenvalue weighted by molar-refractivity contribution is 7.91. The average molecular weight is 490 g/mol. The molecule has 0 rings (SSSR count). The summed E-state index contributed by atoms with van der Waals surface area (Å²) in [5.74, 6) is 0.668. The molecule has 5 heteroatoms. The Morgan fingerprint density at radius 1 is 0.727 bits per heavy atom. The molecule has 0 saturated carbocycles. The standard InChI is InChI=1S/C28H59NO3S/c1-6-7-8-9-10-11-12-13-14-15-16-17-18-19-20-21-25-33(30,31)27-28(26-32-5)23-22-24-29(2,3)4/h22,28H,6-21,23-27H2,1-5H3/q+1. The second-order valence-electron chi connectivity index (χ2n) is 11.2. The van der Waals surface area contributed by atoms with Gasteiger partial charge in [-0.05, 0) is 18.8 Å². The molecule has 1 radical (unpaired) electrons. The third-order valence-electron chi connectivity index (χ3n) is 6.38. The summed E-state index contributed by atoms with van der Waals surface area (Å²) in [6, 6.07) is 0. The van der Waals surface area contributed by atoms with Crippen LogP contribution in [0, 0.1) is 12.3 Å². The fourth-order valence-electron chi connectivity index (χ4n) is 4.43. The van der Waals surface area contributed by atoms with E-state index < -0.39 is 9.84 Å². The van der Waals surface area contributed by atoms with E-state index >= 15 is 0 Å². The van der Waals surface area contributed by atoms with Crippen LogP contribution in [-0.4, -0.2) is 65.8 Å². The van der Waals surface area contributed by atoms with Crippen LogP contribution >= 0.6 is 0 Å². The molecule has 0 aromatic heterocycles. The van der Waals surface area contributed by atoms with Crippen LogP contribution in [0.3, 0.4) is 0 Å². The van der Waals surface area contributed by atoms with Crippen LogP contribution in [0.25, 0.3) is 0 Å². The minimum atomic E-state index is -2.99. The lowest BCUT2D eigenvalue weighted by atomic mass is 10.0. The Morgan fingerprint density at radius 2 is 1.15 bits per heavy atom. The van der Waals surface area contributed by atoms with Crippen molar-refractivity contribution < 1.29 is 17.6 Å². The number of unbranched alkanes of at least 4 members (excludes halogenated alkanes) is 15. The lowest BCUT2D eigenvalue weighted by molar-refractivity contribution is -0.866. The zero-order valence-corrected chi connectivity index (χ0v) is 23.9. The van der Waals surface area contributed by atoms with E-state index in [0.29, 0.717) is 12.4 Å². The highest BCUT2D eigenvalue weighted by Crippen LogP contribution is 2.16. The molecule has 0 aliphatic carbocycles. The van der Waals surface area contributed by atoms with Gasteiger partial charge >= 0.3 is 0 Å². The monoisotopic (exact) mass is 489 g/mol. The highest BCUT2D eigenvalue weighted by atomic mass is 32.2.